The number of ether oxygens (including phenoxy) is 1. The number of amides is 1. The number of pyridine rings is 1. The number of halogens is 4. The van der Waals surface area contributed by atoms with Gasteiger partial charge in [0, 0.05) is 30.3 Å². The van der Waals surface area contributed by atoms with Crippen LogP contribution in [0.5, 0.6) is 11.5 Å². The second-order valence-corrected chi connectivity index (χ2v) is 7.84. The van der Waals surface area contributed by atoms with Crippen molar-refractivity contribution in [3.05, 3.63) is 66.0 Å². The van der Waals surface area contributed by atoms with Crippen LogP contribution in [0.1, 0.15) is 31.5 Å². The molecule has 0 saturated heterocycles. The summed E-state index contributed by atoms with van der Waals surface area (Å²) in [6.07, 6.45) is -2.48. The largest absolute Gasteiger partial charge is 0.457 e. The SMILES string of the molecule is C=C(C(Cl)[C@@H](C)[C@H](C)NC(=O)CCc1ccc(Oc2ccnc(C#N)c2)cc1)C(F)(F)F. The first-order valence-corrected chi connectivity index (χ1v) is 10.3. The van der Waals surface area contributed by atoms with Crippen molar-refractivity contribution in [3.8, 4) is 17.6 Å². The van der Waals surface area contributed by atoms with Gasteiger partial charge in [0.25, 0.3) is 0 Å². The van der Waals surface area contributed by atoms with Gasteiger partial charge in [-0.3, -0.25) is 4.79 Å². The minimum Gasteiger partial charge on any atom is -0.457 e. The van der Waals surface area contributed by atoms with E-state index in [2.05, 4.69) is 16.9 Å². The molecule has 1 unspecified atom stereocenters. The van der Waals surface area contributed by atoms with Gasteiger partial charge >= 0.3 is 6.18 Å². The number of benzene rings is 1. The Bertz CT molecular complexity index is 987. The Balaban J connectivity index is 1.84. The quantitative estimate of drug-likeness (QED) is 0.389. The molecule has 0 radical (unpaired) electrons. The monoisotopic (exact) mass is 465 g/mol. The summed E-state index contributed by atoms with van der Waals surface area (Å²) >= 11 is 5.91. The van der Waals surface area contributed by atoms with Gasteiger partial charge in [0.2, 0.25) is 5.91 Å². The standard InChI is InChI=1S/C23H23ClF3N3O2/c1-14(22(24)15(2)23(25,26)27)16(3)30-21(31)9-6-17-4-7-19(8-5-17)32-20-10-11-29-18(12-20)13-28/h4-5,7-8,10-12,14,16,22H,2,6,9H2,1,3H3,(H,30,31)/t14-,16-,22?/m0/s1. The summed E-state index contributed by atoms with van der Waals surface area (Å²) in [6.45, 7) is 6.19. The molecule has 0 aliphatic carbocycles. The maximum atomic E-state index is 12.8. The van der Waals surface area contributed by atoms with Crippen LogP contribution in [0, 0.1) is 17.2 Å². The van der Waals surface area contributed by atoms with Crippen molar-refractivity contribution in [2.75, 3.05) is 0 Å². The van der Waals surface area contributed by atoms with Crippen LogP contribution < -0.4 is 10.1 Å². The third-order valence-electron chi connectivity index (χ3n) is 4.98. The van der Waals surface area contributed by atoms with E-state index in [1.807, 2.05) is 18.2 Å². The zero-order valence-electron chi connectivity index (χ0n) is 17.6. The highest BCUT2D eigenvalue weighted by Gasteiger charge is 2.39. The number of aromatic nitrogens is 1. The number of alkyl halides is 4. The number of carbonyl (C=O) groups is 1. The molecule has 1 heterocycles. The van der Waals surface area contributed by atoms with Crippen molar-refractivity contribution >= 4 is 17.5 Å². The first kappa shape index (κ1) is 25.2. The molecule has 0 spiro atoms. The number of hydrogen-bond donors (Lipinski definition) is 1. The van der Waals surface area contributed by atoms with Crippen LogP contribution in [0.2, 0.25) is 0 Å². The molecule has 0 saturated carbocycles. The summed E-state index contributed by atoms with van der Waals surface area (Å²) in [6, 6.07) is 11.6. The molecule has 0 fully saturated rings. The Morgan fingerprint density at radius 3 is 2.50 bits per heavy atom. The average Bonchev–Trinajstić information content (AvgIpc) is 2.76. The van der Waals surface area contributed by atoms with E-state index in [9.17, 15) is 18.0 Å². The Kier molecular flexibility index (Phi) is 8.67. The van der Waals surface area contributed by atoms with Crippen molar-refractivity contribution in [3.63, 3.8) is 0 Å². The van der Waals surface area contributed by atoms with E-state index in [-0.39, 0.29) is 18.0 Å². The molecule has 170 valence electrons. The molecule has 2 rings (SSSR count). The van der Waals surface area contributed by atoms with Crippen molar-refractivity contribution in [1.82, 2.24) is 10.3 Å². The number of aryl methyl sites for hydroxylation is 1. The molecule has 2 aromatic rings. The van der Waals surface area contributed by atoms with E-state index < -0.39 is 29.1 Å². The molecule has 1 N–H and O–H groups in total. The number of nitrogens with zero attached hydrogens (tertiary/aromatic N) is 2. The van der Waals surface area contributed by atoms with E-state index in [1.54, 1.807) is 32.0 Å². The van der Waals surface area contributed by atoms with Crippen molar-refractivity contribution in [1.29, 1.82) is 5.26 Å². The third kappa shape index (κ3) is 7.27. The Morgan fingerprint density at radius 2 is 1.91 bits per heavy atom. The van der Waals surface area contributed by atoms with Gasteiger partial charge in [-0.15, -0.1) is 11.6 Å². The topological polar surface area (TPSA) is 75.0 Å². The van der Waals surface area contributed by atoms with Crippen LogP contribution in [-0.4, -0.2) is 28.5 Å². The van der Waals surface area contributed by atoms with Gasteiger partial charge in [-0.2, -0.15) is 18.4 Å². The molecule has 1 aromatic heterocycles. The maximum absolute atomic E-state index is 12.8. The highest BCUT2D eigenvalue weighted by Crippen LogP contribution is 2.33. The minimum atomic E-state index is -4.57. The number of rotatable bonds is 9. The summed E-state index contributed by atoms with van der Waals surface area (Å²) in [7, 11) is 0. The lowest BCUT2D eigenvalue weighted by molar-refractivity contribution is -0.122. The number of carbonyl (C=O) groups excluding carboxylic acids is 1. The molecule has 1 aromatic carbocycles. The zero-order chi connectivity index (χ0) is 23.9. The molecule has 3 atom stereocenters. The third-order valence-corrected chi connectivity index (χ3v) is 5.64. The van der Waals surface area contributed by atoms with Crippen LogP contribution in [0.3, 0.4) is 0 Å². The van der Waals surface area contributed by atoms with Crippen LogP contribution in [0.4, 0.5) is 13.2 Å². The first-order valence-electron chi connectivity index (χ1n) is 9.83. The van der Waals surface area contributed by atoms with Gasteiger partial charge in [-0.05, 0) is 43.0 Å². The average molecular weight is 466 g/mol. The van der Waals surface area contributed by atoms with Crippen molar-refractivity contribution in [2.45, 2.75) is 44.3 Å². The number of nitrogens with one attached hydrogen (secondary N) is 1. The van der Waals surface area contributed by atoms with Crippen molar-refractivity contribution < 1.29 is 22.7 Å². The summed E-state index contributed by atoms with van der Waals surface area (Å²) in [4.78, 5) is 16.1. The zero-order valence-corrected chi connectivity index (χ0v) is 18.4. The van der Waals surface area contributed by atoms with E-state index in [4.69, 9.17) is 21.6 Å². The molecule has 0 aliphatic heterocycles. The van der Waals surface area contributed by atoms with Crippen molar-refractivity contribution in [2.24, 2.45) is 5.92 Å². The van der Waals surface area contributed by atoms with Crippen LogP contribution in [-0.2, 0) is 11.2 Å². The fraction of sp³-hybridized carbons (Fsp3) is 0.348. The molecule has 5 nitrogen and oxygen atoms in total. The fourth-order valence-electron chi connectivity index (χ4n) is 2.84. The molecular weight excluding hydrogens is 443 g/mol. The molecule has 32 heavy (non-hydrogen) atoms. The van der Waals surface area contributed by atoms with Gasteiger partial charge in [0.05, 0.1) is 5.38 Å². The van der Waals surface area contributed by atoms with Gasteiger partial charge in [0.1, 0.15) is 23.3 Å². The normalized spacial score (nSPS) is 14.0. The lowest BCUT2D eigenvalue weighted by Gasteiger charge is -2.27. The highest BCUT2D eigenvalue weighted by atomic mass is 35.5. The molecule has 1 amide bonds. The van der Waals surface area contributed by atoms with Crippen LogP contribution >= 0.6 is 11.6 Å². The van der Waals surface area contributed by atoms with Gasteiger partial charge in [0.15, 0.2) is 0 Å². The number of hydrogen-bond acceptors (Lipinski definition) is 4. The van der Waals surface area contributed by atoms with Gasteiger partial charge in [-0.1, -0.05) is 25.6 Å². The van der Waals surface area contributed by atoms with E-state index in [0.717, 1.165) is 5.56 Å². The van der Waals surface area contributed by atoms with E-state index in [0.29, 0.717) is 17.9 Å². The van der Waals surface area contributed by atoms with Crippen LogP contribution in [0.25, 0.3) is 0 Å². The van der Waals surface area contributed by atoms with E-state index >= 15 is 0 Å². The minimum absolute atomic E-state index is 0.167. The summed E-state index contributed by atoms with van der Waals surface area (Å²) in [5.74, 6) is 0.110. The smallest absolute Gasteiger partial charge is 0.413 e. The fourth-order valence-corrected chi connectivity index (χ4v) is 3.18. The lowest BCUT2D eigenvalue weighted by atomic mass is 9.94. The predicted molar refractivity (Wildman–Crippen MR) is 115 cm³/mol. The maximum Gasteiger partial charge on any atom is 0.413 e. The Labute approximate surface area is 189 Å². The molecule has 0 aliphatic rings. The summed E-state index contributed by atoms with van der Waals surface area (Å²) in [5, 5.41) is 10.3. The number of allylic oxidation sites excluding steroid dienone is 1. The number of nitriles is 1. The van der Waals surface area contributed by atoms with Gasteiger partial charge in [-0.25, -0.2) is 4.98 Å². The first-order chi connectivity index (χ1) is 15.0. The van der Waals surface area contributed by atoms with E-state index in [1.165, 1.54) is 12.3 Å². The lowest BCUT2D eigenvalue weighted by Crippen LogP contribution is -2.42. The summed E-state index contributed by atoms with van der Waals surface area (Å²) in [5.41, 5.74) is 0.115. The predicted octanol–water partition coefficient (Wildman–Crippen LogP) is 5.54. The second kappa shape index (κ2) is 11.0. The molecule has 0 bridgehead atoms. The Hall–Kier alpha value is -3.05. The Morgan fingerprint density at radius 1 is 1.25 bits per heavy atom. The highest BCUT2D eigenvalue weighted by molar-refractivity contribution is 6.22. The molecule has 9 heteroatoms. The van der Waals surface area contributed by atoms with Crippen LogP contribution in [0.15, 0.2) is 54.7 Å². The summed E-state index contributed by atoms with van der Waals surface area (Å²) < 4.78 is 44.0. The second-order valence-electron chi connectivity index (χ2n) is 7.37. The molecular formula is C23H23ClF3N3O2. The van der Waals surface area contributed by atoms with Gasteiger partial charge < -0.3 is 10.1 Å².